The van der Waals surface area contributed by atoms with Crippen molar-refractivity contribution in [1.29, 1.82) is 0 Å². The molecule has 1 saturated carbocycles. The highest BCUT2D eigenvalue weighted by atomic mass is 16.6. The molecule has 1 aromatic carbocycles. The number of likely N-dealkylation sites (tertiary alicyclic amines) is 1. The first-order valence-electron chi connectivity index (χ1n) is 7.69. The van der Waals surface area contributed by atoms with Gasteiger partial charge in [-0.25, -0.2) is 5.90 Å². The van der Waals surface area contributed by atoms with Gasteiger partial charge in [-0.1, -0.05) is 0 Å². The molecule has 116 valence electrons. The Kier molecular flexibility index (Phi) is 4.63. The van der Waals surface area contributed by atoms with Crippen LogP contribution >= 0.6 is 0 Å². The maximum absolute atomic E-state index is 5.97. The average Bonchev–Trinajstić information content (AvgIpc) is 2.51. The van der Waals surface area contributed by atoms with Gasteiger partial charge in [0.15, 0.2) is 0 Å². The maximum Gasteiger partial charge on any atom is 0.124 e. The van der Waals surface area contributed by atoms with Gasteiger partial charge in [0, 0.05) is 19.1 Å². The lowest BCUT2D eigenvalue weighted by molar-refractivity contribution is -0.0530. The number of benzene rings is 1. The molecule has 1 aliphatic carbocycles. The Bertz CT molecular complexity index is 445. The molecule has 1 aromatic rings. The lowest BCUT2D eigenvalue weighted by Crippen LogP contribution is -2.59. The summed E-state index contributed by atoms with van der Waals surface area (Å²) in [4.78, 5) is 7.50. The first-order chi connectivity index (χ1) is 10.3. The average molecular weight is 292 g/mol. The summed E-state index contributed by atoms with van der Waals surface area (Å²) < 4.78 is 11.1. The summed E-state index contributed by atoms with van der Waals surface area (Å²) in [5.74, 6) is 7.09. The van der Waals surface area contributed by atoms with E-state index in [2.05, 4.69) is 4.90 Å². The zero-order valence-electron chi connectivity index (χ0n) is 12.5. The Labute approximate surface area is 125 Å². The zero-order valence-corrected chi connectivity index (χ0v) is 12.5. The molecule has 1 aliphatic heterocycles. The zero-order chi connectivity index (χ0) is 14.7. The predicted molar refractivity (Wildman–Crippen MR) is 80.3 cm³/mol. The fourth-order valence-corrected chi connectivity index (χ4v) is 3.26. The highest BCUT2D eigenvalue weighted by Crippen LogP contribution is 2.29. The third kappa shape index (κ3) is 3.48. The summed E-state index contributed by atoms with van der Waals surface area (Å²) in [5, 5.41) is 0. The highest BCUT2D eigenvalue weighted by molar-refractivity contribution is 5.31. The van der Waals surface area contributed by atoms with Crippen LogP contribution in [0.4, 0.5) is 0 Å². The lowest BCUT2D eigenvalue weighted by Gasteiger charge is -2.46. The molecule has 2 atom stereocenters. The quantitative estimate of drug-likeness (QED) is 0.841. The molecule has 2 unspecified atom stereocenters. The van der Waals surface area contributed by atoms with E-state index in [0.717, 1.165) is 37.4 Å². The van der Waals surface area contributed by atoms with Crippen molar-refractivity contribution in [2.24, 2.45) is 5.90 Å². The lowest BCUT2D eigenvalue weighted by atomic mass is 9.89. The van der Waals surface area contributed by atoms with Gasteiger partial charge in [0.05, 0.1) is 13.2 Å². The van der Waals surface area contributed by atoms with E-state index >= 15 is 0 Å². The largest absolute Gasteiger partial charge is 0.497 e. The highest BCUT2D eigenvalue weighted by Gasteiger charge is 2.36. The van der Waals surface area contributed by atoms with Gasteiger partial charge in [0.2, 0.25) is 0 Å². The smallest absolute Gasteiger partial charge is 0.124 e. The molecule has 21 heavy (non-hydrogen) atoms. The normalized spacial score (nSPS) is 27.1. The standard InChI is InChI=1S/C16H24N2O3/c1-19-13-5-7-14(8-6-13)20-16-10-18(11-16)12-3-2-4-15(9-12)21-17/h5-8,12,15-16H,2-4,9-11,17H2,1H3. The van der Waals surface area contributed by atoms with Crippen LogP contribution < -0.4 is 15.4 Å². The maximum atomic E-state index is 5.97. The minimum atomic E-state index is 0.227. The topological polar surface area (TPSA) is 57.0 Å². The van der Waals surface area contributed by atoms with Crippen LogP contribution in [0.3, 0.4) is 0 Å². The number of hydrogen-bond donors (Lipinski definition) is 1. The van der Waals surface area contributed by atoms with E-state index in [1.165, 1.54) is 12.8 Å². The molecule has 2 N–H and O–H groups in total. The van der Waals surface area contributed by atoms with E-state index in [1.807, 2.05) is 24.3 Å². The van der Waals surface area contributed by atoms with Gasteiger partial charge >= 0.3 is 0 Å². The molecule has 2 aliphatic rings. The first-order valence-corrected chi connectivity index (χ1v) is 7.69. The Morgan fingerprint density at radius 3 is 2.43 bits per heavy atom. The van der Waals surface area contributed by atoms with Crippen molar-refractivity contribution >= 4 is 0 Å². The third-order valence-electron chi connectivity index (χ3n) is 4.55. The van der Waals surface area contributed by atoms with Crippen molar-refractivity contribution in [2.75, 3.05) is 20.2 Å². The Morgan fingerprint density at radius 2 is 1.76 bits per heavy atom. The molecule has 0 aromatic heterocycles. The van der Waals surface area contributed by atoms with Crippen LogP contribution in [-0.4, -0.2) is 43.3 Å². The molecule has 0 bridgehead atoms. The van der Waals surface area contributed by atoms with Crippen LogP contribution in [0.2, 0.25) is 0 Å². The van der Waals surface area contributed by atoms with Gasteiger partial charge in [-0.05, 0) is 49.9 Å². The molecule has 0 amide bonds. The molecular formula is C16H24N2O3. The Morgan fingerprint density at radius 1 is 1.05 bits per heavy atom. The Balaban J connectivity index is 1.44. The second kappa shape index (κ2) is 6.64. The van der Waals surface area contributed by atoms with Gasteiger partial charge in [-0.2, -0.15) is 0 Å². The van der Waals surface area contributed by atoms with E-state index < -0.39 is 0 Å². The van der Waals surface area contributed by atoms with Crippen LogP contribution in [0, 0.1) is 0 Å². The molecular weight excluding hydrogens is 268 g/mol. The summed E-state index contributed by atoms with van der Waals surface area (Å²) in [7, 11) is 1.67. The second-order valence-corrected chi connectivity index (χ2v) is 5.95. The number of ether oxygens (including phenoxy) is 2. The van der Waals surface area contributed by atoms with Crippen LogP contribution in [0.15, 0.2) is 24.3 Å². The van der Waals surface area contributed by atoms with Gasteiger partial charge in [-0.15, -0.1) is 0 Å². The predicted octanol–water partition coefficient (Wildman–Crippen LogP) is 1.96. The van der Waals surface area contributed by atoms with Crippen LogP contribution in [0.1, 0.15) is 25.7 Å². The molecule has 5 heteroatoms. The monoisotopic (exact) mass is 292 g/mol. The number of rotatable bonds is 5. The van der Waals surface area contributed by atoms with Crippen LogP contribution in [0.25, 0.3) is 0 Å². The van der Waals surface area contributed by atoms with Crippen LogP contribution in [0.5, 0.6) is 11.5 Å². The molecule has 0 spiro atoms. The van der Waals surface area contributed by atoms with Crippen molar-refractivity contribution in [2.45, 2.75) is 43.9 Å². The number of methoxy groups -OCH3 is 1. The van der Waals surface area contributed by atoms with Crippen molar-refractivity contribution in [1.82, 2.24) is 4.90 Å². The summed E-state index contributed by atoms with van der Waals surface area (Å²) in [6.45, 7) is 1.99. The van der Waals surface area contributed by atoms with Crippen molar-refractivity contribution < 1.29 is 14.3 Å². The SMILES string of the molecule is COc1ccc(OC2CN(C3CCCC(ON)C3)C2)cc1. The van der Waals surface area contributed by atoms with Gasteiger partial charge in [0.1, 0.15) is 17.6 Å². The molecule has 2 fully saturated rings. The summed E-state index contributed by atoms with van der Waals surface area (Å²) >= 11 is 0. The molecule has 1 heterocycles. The number of nitrogens with zero attached hydrogens (tertiary/aromatic N) is 1. The Hall–Kier alpha value is -1.30. The number of hydrogen-bond acceptors (Lipinski definition) is 5. The molecule has 3 rings (SSSR count). The van der Waals surface area contributed by atoms with E-state index in [4.69, 9.17) is 20.2 Å². The van der Waals surface area contributed by atoms with E-state index in [1.54, 1.807) is 7.11 Å². The first kappa shape index (κ1) is 14.6. The fraction of sp³-hybridized carbons (Fsp3) is 0.625. The van der Waals surface area contributed by atoms with Crippen molar-refractivity contribution in [3.63, 3.8) is 0 Å². The van der Waals surface area contributed by atoms with Gasteiger partial charge in [0.25, 0.3) is 0 Å². The van der Waals surface area contributed by atoms with Gasteiger partial charge < -0.3 is 14.3 Å². The van der Waals surface area contributed by atoms with Crippen molar-refractivity contribution in [3.8, 4) is 11.5 Å². The molecule has 0 radical (unpaired) electrons. The summed E-state index contributed by atoms with van der Waals surface area (Å²) in [5.41, 5.74) is 0. The van der Waals surface area contributed by atoms with E-state index in [-0.39, 0.29) is 12.2 Å². The van der Waals surface area contributed by atoms with Crippen LogP contribution in [-0.2, 0) is 4.84 Å². The van der Waals surface area contributed by atoms with E-state index in [0.29, 0.717) is 6.04 Å². The second-order valence-electron chi connectivity index (χ2n) is 5.95. The van der Waals surface area contributed by atoms with Crippen molar-refractivity contribution in [3.05, 3.63) is 24.3 Å². The third-order valence-corrected chi connectivity index (χ3v) is 4.55. The van der Waals surface area contributed by atoms with Gasteiger partial charge in [-0.3, -0.25) is 4.90 Å². The summed E-state index contributed by atoms with van der Waals surface area (Å²) in [6.07, 6.45) is 5.10. The number of nitrogens with two attached hydrogens (primary N) is 1. The minimum absolute atomic E-state index is 0.227. The fourth-order valence-electron chi connectivity index (χ4n) is 3.26. The molecule has 1 saturated heterocycles. The minimum Gasteiger partial charge on any atom is -0.497 e. The van der Waals surface area contributed by atoms with E-state index in [9.17, 15) is 0 Å². The summed E-state index contributed by atoms with van der Waals surface area (Å²) in [6, 6.07) is 8.37. The molecule has 5 nitrogen and oxygen atoms in total.